The van der Waals surface area contributed by atoms with Crippen molar-refractivity contribution in [3.05, 3.63) is 42.7 Å². The molecule has 6 nitrogen and oxygen atoms in total. The van der Waals surface area contributed by atoms with Gasteiger partial charge in [0.15, 0.2) is 17.3 Å². The predicted octanol–water partition coefficient (Wildman–Crippen LogP) is 4.15. The van der Waals surface area contributed by atoms with Gasteiger partial charge in [0, 0.05) is 35.4 Å². The first kappa shape index (κ1) is 15.9. The highest BCUT2D eigenvalue weighted by atomic mass is 16.5. The van der Waals surface area contributed by atoms with Crippen molar-refractivity contribution < 1.29 is 9.47 Å². The number of benzene rings is 1. The third kappa shape index (κ3) is 3.65. The Bertz CT molecular complexity index is 880. The summed E-state index contributed by atoms with van der Waals surface area (Å²) in [4.78, 5) is 11.5. The minimum atomic E-state index is 0.0391. The van der Waals surface area contributed by atoms with E-state index in [1.165, 1.54) is 0 Å². The maximum Gasteiger partial charge on any atom is 0.170 e. The average Bonchev–Trinajstić information content (AvgIpc) is 2.93. The first-order valence-electron chi connectivity index (χ1n) is 7.74. The molecule has 3 N–H and O–H groups in total. The van der Waals surface area contributed by atoms with Crippen molar-refractivity contribution in [2.75, 3.05) is 0 Å². The number of hydrogen-bond acceptors (Lipinski definition) is 4. The van der Waals surface area contributed by atoms with Crippen LogP contribution < -0.4 is 15.2 Å². The number of nitrogens with two attached hydrogens (primary N) is 1. The average molecular weight is 324 g/mol. The van der Waals surface area contributed by atoms with Crippen molar-refractivity contribution in [2.24, 2.45) is 10.7 Å². The molecule has 3 aromatic rings. The van der Waals surface area contributed by atoms with Crippen LogP contribution in [0.1, 0.15) is 20.8 Å². The molecule has 0 amide bonds. The van der Waals surface area contributed by atoms with Crippen LogP contribution in [0, 0.1) is 0 Å². The fraction of sp³-hybridized carbons (Fsp3) is 0.222. The fourth-order valence-corrected chi connectivity index (χ4v) is 2.32. The van der Waals surface area contributed by atoms with E-state index in [0.717, 1.165) is 10.9 Å². The normalized spacial score (nSPS) is 11.9. The summed E-state index contributed by atoms with van der Waals surface area (Å²) in [5.41, 5.74) is 6.60. The second-order valence-corrected chi connectivity index (χ2v) is 5.74. The Balaban J connectivity index is 1.97. The van der Waals surface area contributed by atoms with Gasteiger partial charge in [0.2, 0.25) is 0 Å². The van der Waals surface area contributed by atoms with Crippen LogP contribution in [0.3, 0.4) is 0 Å². The van der Waals surface area contributed by atoms with Gasteiger partial charge in [-0.1, -0.05) is 0 Å². The van der Waals surface area contributed by atoms with Crippen LogP contribution in [0.25, 0.3) is 10.9 Å². The third-order valence-electron chi connectivity index (χ3n) is 3.22. The minimum absolute atomic E-state index is 0.0391. The molecule has 0 aliphatic rings. The molecule has 0 unspecified atom stereocenters. The maximum atomic E-state index is 6.02. The largest absolute Gasteiger partial charge is 0.487 e. The summed E-state index contributed by atoms with van der Waals surface area (Å²) in [5, 5.41) is 1.05. The molecule has 6 heteroatoms. The summed E-state index contributed by atoms with van der Waals surface area (Å²) >= 11 is 0. The van der Waals surface area contributed by atoms with Crippen LogP contribution in [0.15, 0.2) is 47.7 Å². The minimum Gasteiger partial charge on any atom is -0.487 e. The number of hydrogen-bond donors (Lipinski definition) is 2. The van der Waals surface area contributed by atoms with Gasteiger partial charge in [0.25, 0.3) is 0 Å². The van der Waals surface area contributed by atoms with Gasteiger partial charge < -0.3 is 20.2 Å². The van der Waals surface area contributed by atoms with Crippen molar-refractivity contribution in [3.8, 4) is 17.2 Å². The highest BCUT2D eigenvalue weighted by molar-refractivity contribution is 5.83. The van der Waals surface area contributed by atoms with Crippen LogP contribution in [-0.2, 0) is 0 Å². The number of aromatic amines is 1. The fourth-order valence-electron chi connectivity index (χ4n) is 2.32. The van der Waals surface area contributed by atoms with E-state index in [1.807, 2.05) is 38.2 Å². The second-order valence-electron chi connectivity index (χ2n) is 5.74. The molecule has 2 aromatic heterocycles. The van der Waals surface area contributed by atoms with E-state index >= 15 is 0 Å². The van der Waals surface area contributed by atoms with Crippen molar-refractivity contribution in [3.63, 3.8) is 0 Å². The molecule has 2 heterocycles. The molecule has 0 spiro atoms. The van der Waals surface area contributed by atoms with Crippen molar-refractivity contribution >= 4 is 22.6 Å². The first-order valence-corrected chi connectivity index (χ1v) is 7.74. The van der Waals surface area contributed by atoms with Crippen LogP contribution in [-0.4, -0.2) is 21.9 Å². The van der Waals surface area contributed by atoms with Gasteiger partial charge in [0.05, 0.1) is 11.9 Å². The number of ether oxygens (including phenoxy) is 2. The van der Waals surface area contributed by atoms with Gasteiger partial charge in [-0.3, -0.25) is 0 Å². The number of nitrogens with one attached hydrogen (secondary N) is 1. The molecule has 24 heavy (non-hydrogen) atoms. The van der Waals surface area contributed by atoms with E-state index in [0.29, 0.717) is 28.9 Å². The summed E-state index contributed by atoms with van der Waals surface area (Å²) in [6.07, 6.45) is 3.56. The van der Waals surface area contributed by atoms with E-state index in [1.54, 1.807) is 25.3 Å². The molecule has 124 valence electrons. The molecule has 0 saturated carbocycles. The van der Waals surface area contributed by atoms with Crippen molar-refractivity contribution in [1.29, 1.82) is 0 Å². The zero-order chi connectivity index (χ0) is 17.1. The molecular weight excluding hydrogens is 304 g/mol. The van der Waals surface area contributed by atoms with Crippen LogP contribution >= 0.6 is 0 Å². The topological polar surface area (TPSA) is 85.5 Å². The molecule has 0 saturated heterocycles. The number of fused-ring (bicyclic) bond motifs is 1. The molecule has 0 fully saturated rings. The highest BCUT2D eigenvalue weighted by Gasteiger charge is 2.11. The lowest BCUT2D eigenvalue weighted by atomic mass is 10.2. The van der Waals surface area contributed by atoms with Crippen LogP contribution in [0.2, 0.25) is 0 Å². The number of H-pyrrole nitrogens is 1. The highest BCUT2D eigenvalue weighted by Crippen LogP contribution is 2.36. The predicted molar refractivity (Wildman–Crippen MR) is 95.3 cm³/mol. The lowest BCUT2D eigenvalue weighted by Crippen LogP contribution is -2.06. The van der Waals surface area contributed by atoms with Gasteiger partial charge in [-0.05, 0) is 39.0 Å². The van der Waals surface area contributed by atoms with Crippen LogP contribution in [0.5, 0.6) is 17.2 Å². The molecule has 1 aromatic carbocycles. The molecule has 0 aliphatic heterocycles. The number of pyridine rings is 1. The van der Waals surface area contributed by atoms with E-state index < -0.39 is 0 Å². The maximum absolute atomic E-state index is 6.02. The summed E-state index contributed by atoms with van der Waals surface area (Å²) in [5.74, 6) is 2.88. The molecule has 0 radical (unpaired) electrons. The van der Waals surface area contributed by atoms with Gasteiger partial charge in [-0.2, -0.15) is 0 Å². The quantitative estimate of drug-likeness (QED) is 0.545. The van der Waals surface area contributed by atoms with Gasteiger partial charge in [-0.15, -0.1) is 0 Å². The van der Waals surface area contributed by atoms with E-state index in [2.05, 4.69) is 15.0 Å². The lowest BCUT2D eigenvalue weighted by Gasteiger charge is -2.15. The standard InChI is InChI=1S/C18H20N4O2/c1-11(2)23-17-10-15-13(4-6-20-15)8-16(17)24-14-5-7-21-18(9-14)22-12(3)19/h4-11,20H,1-3H3,(H2,19,21,22). The number of rotatable bonds is 5. The summed E-state index contributed by atoms with van der Waals surface area (Å²) in [6.45, 7) is 5.67. The summed E-state index contributed by atoms with van der Waals surface area (Å²) in [6, 6.07) is 9.37. The lowest BCUT2D eigenvalue weighted by molar-refractivity contribution is 0.234. The molecule has 3 rings (SSSR count). The number of nitrogens with zero attached hydrogens (tertiary/aromatic N) is 2. The smallest absolute Gasteiger partial charge is 0.170 e. The van der Waals surface area contributed by atoms with E-state index in [9.17, 15) is 0 Å². The molecule has 0 atom stereocenters. The Kier molecular flexibility index (Phi) is 4.37. The second kappa shape index (κ2) is 6.62. The Hall–Kier alpha value is -3.02. The SMILES string of the molecule is CC(N)=Nc1cc(Oc2cc3cc[nH]c3cc2OC(C)C)ccn1. The molecule has 0 bridgehead atoms. The monoisotopic (exact) mass is 324 g/mol. The van der Waals surface area contributed by atoms with Crippen molar-refractivity contribution in [1.82, 2.24) is 9.97 Å². The Morgan fingerprint density at radius 3 is 2.79 bits per heavy atom. The summed E-state index contributed by atoms with van der Waals surface area (Å²) < 4.78 is 11.9. The zero-order valence-corrected chi connectivity index (χ0v) is 13.9. The van der Waals surface area contributed by atoms with Crippen molar-refractivity contribution in [2.45, 2.75) is 26.9 Å². The van der Waals surface area contributed by atoms with E-state index in [4.69, 9.17) is 15.2 Å². The molecule has 0 aliphatic carbocycles. The Morgan fingerprint density at radius 1 is 1.21 bits per heavy atom. The summed E-state index contributed by atoms with van der Waals surface area (Å²) in [7, 11) is 0. The van der Waals surface area contributed by atoms with E-state index in [-0.39, 0.29) is 6.10 Å². The zero-order valence-electron chi connectivity index (χ0n) is 13.9. The number of aromatic nitrogens is 2. The van der Waals surface area contributed by atoms with Gasteiger partial charge >= 0.3 is 0 Å². The Morgan fingerprint density at radius 2 is 2.04 bits per heavy atom. The third-order valence-corrected chi connectivity index (χ3v) is 3.22. The van der Waals surface area contributed by atoms with Gasteiger partial charge in [0.1, 0.15) is 5.75 Å². The Labute approximate surface area is 140 Å². The van der Waals surface area contributed by atoms with Crippen LogP contribution in [0.4, 0.5) is 5.82 Å². The molecular formula is C18H20N4O2. The first-order chi connectivity index (χ1) is 11.5. The number of aliphatic imine (C=N–C) groups is 1. The van der Waals surface area contributed by atoms with Gasteiger partial charge in [-0.25, -0.2) is 9.98 Å². The number of amidine groups is 1.